The molecule has 3 heterocycles. The van der Waals surface area contributed by atoms with Crippen LogP contribution in [-0.2, 0) is 0 Å². The Morgan fingerprint density at radius 1 is 0.812 bits per heavy atom. The van der Waals surface area contributed by atoms with Crippen LogP contribution < -0.4 is 9.47 Å². The molecule has 5 heteroatoms. The van der Waals surface area contributed by atoms with Crippen LogP contribution in [0.25, 0.3) is 43.6 Å². The number of para-hydroxylation sites is 2. The Balaban J connectivity index is 0.000000126. The zero-order chi connectivity index (χ0) is 21.7. The van der Waals surface area contributed by atoms with Gasteiger partial charge in [0.25, 0.3) is 0 Å². The topological polar surface area (TPSA) is 73.6 Å². The Morgan fingerprint density at radius 2 is 1.53 bits per heavy atom. The summed E-state index contributed by atoms with van der Waals surface area (Å²) in [6.07, 6.45) is 0.991. The third-order valence-corrected chi connectivity index (χ3v) is 5.81. The molecule has 0 aliphatic carbocycles. The number of aromatic hydroxyl groups is 1. The molecule has 6 aromatic rings. The van der Waals surface area contributed by atoms with Crippen LogP contribution in [0, 0.1) is 0 Å². The van der Waals surface area contributed by atoms with E-state index in [-0.39, 0.29) is 0 Å². The van der Waals surface area contributed by atoms with Crippen LogP contribution in [0.4, 0.5) is 0 Å². The molecule has 0 amide bonds. The number of aromatic nitrogens is 2. The fourth-order valence-corrected chi connectivity index (χ4v) is 4.30. The number of phenols is 1. The molecule has 1 aliphatic rings. The number of aromatic amines is 2. The molecule has 0 spiro atoms. The first-order chi connectivity index (χ1) is 15.7. The summed E-state index contributed by atoms with van der Waals surface area (Å²) in [6, 6.07) is 23.9. The number of H-pyrrole nitrogens is 2. The van der Waals surface area contributed by atoms with E-state index in [4.69, 9.17) is 9.47 Å². The zero-order valence-corrected chi connectivity index (χ0v) is 17.6. The highest BCUT2D eigenvalue weighted by atomic mass is 16.6. The molecule has 0 bridgehead atoms. The average molecular weight is 422 g/mol. The third kappa shape index (κ3) is 2.94. The SMILES string of the molecule is CCCOc1c2c(cc3c1[nH]c1ccccc13)O2.Oc1cccc2[nH]c3ccccc3c12. The molecule has 158 valence electrons. The maximum absolute atomic E-state index is 9.74. The number of rotatable bonds is 3. The Bertz CT molecular complexity index is 1610. The van der Waals surface area contributed by atoms with Crippen molar-refractivity contribution in [3.8, 4) is 23.0 Å². The number of hydrogen-bond acceptors (Lipinski definition) is 3. The summed E-state index contributed by atoms with van der Waals surface area (Å²) < 4.78 is 11.3. The van der Waals surface area contributed by atoms with Crippen LogP contribution in [-0.4, -0.2) is 21.7 Å². The quantitative estimate of drug-likeness (QED) is 0.263. The summed E-state index contributed by atoms with van der Waals surface area (Å²) in [5.74, 6) is 3.03. The van der Waals surface area contributed by atoms with Gasteiger partial charge in [-0.25, -0.2) is 0 Å². The summed E-state index contributed by atoms with van der Waals surface area (Å²) in [6.45, 7) is 2.81. The standard InChI is InChI=1S/C15H13NO2.C12H9NO/c1-2-7-17-15-13-10(8-12-14(15)18-12)9-5-3-4-6-11(9)16-13;14-11-7-3-6-10-12(11)8-4-1-2-5-9(8)13-10/h3-6,8,16H,2,7H2,1H3;1-7,13-14H. The minimum absolute atomic E-state index is 0.333. The van der Waals surface area contributed by atoms with Crippen LogP contribution in [0.2, 0.25) is 0 Å². The van der Waals surface area contributed by atoms with Crippen molar-refractivity contribution in [2.75, 3.05) is 6.61 Å². The van der Waals surface area contributed by atoms with Gasteiger partial charge in [0.15, 0.2) is 11.5 Å². The van der Waals surface area contributed by atoms with Crippen molar-refractivity contribution < 1.29 is 14.6 Å². The lowest BCUT2D eigenvalue weighted by Gasteiger charge is -2.02. The summed E-state index contributed by atoms with van der Waals surface area (Å²) >= 11 is 0. The second kappa shape index (κ2) is 7.24. The lowest BCUT2D eigenvalue weighted by Crippen LogP contribution is -1.94. The maximum Gasteiger partial charge on any atom is 0.214 e. The fourth-order valence-electron chi connectivity index (χ4n) is 4.30. The average Bonchev–Trinajstić information content (AvgIpc) is 3.34. The van der Waals surface area contributed by atoms with E-state index in [0.717, 1.165) is 56.5 Å². The molecule has 32 heavy (non-hydrogen) atoms. The van der Waals surface area contributed by atoms with Crippen molar-refractivity contribution in [2.45, 2.75) is 13.3 Å². The van der Waals surface area contributed by atoms with Crippen molar-refractivity contribution in [1.29, 1.82) is 0 Å². The van der Waals surface area contributed by atoms with Crippen molar-refractivity contribution >= 4 is 43.6 Å². The van der Waals surface area contributed by atoms with Crippen LogP contribution in [0.5, 0.6) is 23.0 Å². The molecule has 0 fully saturated rings. The van der Waals surface area contributed by atoms with Gasteiger partial charge in [0.2, 0.25) is 5.75 Å². The van der Waals surface area contributed by atoms with Gasteiger partial charge in [-0.3, -0.25) is 0 Å². The molecule has 3 N–H and O–H groups in total. The third-order valence-electron chi connectivity index (χ3n) is 5.81. The maximum atomic E-state index is 9.74. The molecule has 0 atom stereocenters. The Morgan fingerprint density at radius 3 is 2.34 bits per heavy atom. The van der Waals surface area contributed by atoms with Gasteiger partial charge >= 0.3 is 0 Å². The first-order valence-electron chi connectivity index (χ1n) is 10.8. The molecule has 4 aromatic carbocycles. The summed E-state index contributed by atoms with van der Waals surface area (Å²) in [5, 5.41) is 14.1. The molecule has 5 nitrogen and oxygen atoms in total. The van der Waals surface area contributed by atoms with E-state index < -0.39 is 0 Å². The largest absolute Gasteiger partial charge is 0.507 e. The van der Waals surface area contributed by atoms with Gasteiger partial charge in [-0.2, -0.15) is 0 Å². The molecule has 2 aromatic heterocycles. The normalized spacial score (nSPS) is 11.9. The molecular formula is C27H22N2O3. The Hall–Kier alpha value is -4.12. The van der Waals surface area contributed by atoms with Gasteiger partial charge in [-0.15, -0.1) is 0 Å². The predicted octanol–water partition coefficient (Wildman–Crippen LogP) is 7.24. The molecule has 0 unspecified atom stereocenters. The van der Waals surface area contributed by atoms with Gasteiger partial charge in [0.1, 0.15) is 5.75 Å². The predicted molar refractivity (Wildman–Crippen MR) is 129 cm³/mol. The van der Waals surface area contributed by atoms with Crippen molar-refractivity contribution in [3.63, 3.8) is 0 Å². The highest BCUT2D eigenvalue weighted by molar-refractivity contribution is 6.12. The van der Waals surface area contributed by atoms with Gasteiger partial charge in [-0.1, -0.05) is 49.4 Å². The Kier molecular flexibility index (Phi) is 4.21. The number of ether oxygens (including phenoxy) is 2. The van der Waals surface area contributed by atoms with Gasteiger partial charge in [-0.05, 0) is 36.8 Å². The molecule has 0 saturated carbocycles. The van der Waals surface area contributed by atoms with E-state index in [1.807, 2.05) is 42.5 Å². The monoisotopic (exact) mass is 422 g/mol. The van der Waals surface area contributed by atoms with Gasteiger partial charge in [0.05, 0.1) is 17.6 Å². The first kappa shape index (κ1) is 18.6. The summed E-state index contributed by atoms with van der Waals surface area (Å²) in [7, 11) is 0. The molecule has 0 saturated heterocycles. The van der Waals surface area contributed by atoms with Crippen LogP contribution in [0.1, 0.15) is 13.3 Å². The zero-order valence-electron chi connectivity index (χ0n) is 17.6. The highest BCUT2D eigenvalue weighted by Crippen LogP contribution is 2.56. The molecule has 7 rings (SSSR count). The Labute approximate surface area is 184 Å². The minimum Gasteiger partial charge on any atom is -0.507 e. The van der Waals surface area contributed by atoms with Crippen LogP contribution in [0.15, 0.2) is 72.8 Å². The number of hydrogen-bond donors (Lipinski definition) is 3. The van der Waals surface area contributed by atoms with E-state index in [1.165, 1.54) is 10.8 Å². The van der Waals surface area contributed by atoms with E-state index >= 15 is 0 Å². The second-order valence-corrected chi connectivity index (χ2v) is 7.95. The van der Waals surface area contributed by atoms with E-state index in [9.17, 15) is 5.11 Å². The van der Waals surface area contributed by atoms with Crippen LogP contribution in [0.3, 0.4) is 0 Å². The van der Waals surface area contributed by atoms with Gasteiger partial charge in [0, 0.05) is 32.6 Å². The van der Waals surface area contributed by atoms with E-state index in [2.05, 4.69) is 41.2 Å². The fraction of sp³-hybridized carbons (Fsp3) is 0.111. The number of benzene rings is 4. The highest BCUT2D eigenvalue weighted by Gasteiger charge is 2.30. The molecule has 1 aliphatic heterocycles. The number of fused-ring (bicyclic) bond motifs is 7. The summed E-state index contributed by atoms with van der Waals surface area (Å²) in [5.41, 5.74) is 4.22. The number of nitrogens with one attached hydrogen (secondary N) is 2. The first-order valence-corrected chi connectivity index (χ1v) is 10.8. The van der Waals surface area contributed by atoms with Crippen molar-refractivity contribution in [3.05, 3.63) is 72.8 Å². The lowest BCUT2D eigenvalue weighted by molar-refractivity contribution is 0.317. The summed E-state index contributed by atoms with van der Waals surface area (Å²) in [4.78, 5) is 6.68. The lowest BCUT2D eigenvalue weighted by atomic mass is 10.1. The van der Waals surface area contributed by atoms with Crippen LogP contribution >= 0.6 is 0 Å². The van der Waals surface area contributed by atoms with Crippen molar-refractivity contribution in [1.82, 2.24) is 9.97 Å². The molecule has 0 radical (unpaired) electrons. The smallest absolute Gasteiger partial charge is 0.214 e. The second-order valence-electron chi connectivity index (χ2n) is 7.95. The van der Waals surface area contributed by atoms with E-state index in [1.54, 1.807) is 6.07 Å². The number of phenolic OH excluding ortho intramolecular Hbond substituents is 1. The van der Waals surface area contributed by atoms with Crippen molar-refractivity contribution in [2.24, 2.45) is 0 Å². The minimum atomic E-state index is 0.333. The van der Waals surface area contributed by atoms with E-state index in [0.29, 0.717) is 12.4 Å². The molecular weight excluding hydrogens is 400 g/mol. The van der Waals surface area contributed by atoms with Gasteiger partial charge < -0.3 is 24.5 Å².